The minimum Gasteiger partial charge on any atom is -0.477 e. The van der Waals surface area contributed by atoms with E-state index in [1.807, 2.05) is 0 Å². The van der Waals surface area contributed by atoms with Crippen molar-refractivity contribution in [2.75, 3.05) is 0 Å². The Bertz CT molecular complexity index is 592. The van der Waals surface area contributed by atoms with Crippen molar-refractivity contribution < 1.29 is 23.1 Å². The van der Waals surface area contributed by atoms with Gasteiger partial charge >= 0.3 is 12.1 Å². The van der Waals surface area contributed by atoms with Crippen LogP contribution in [0.3, 0.4) is 0 Å². The molecule has 0 spiro atoms. The Balaban J connectivity index is 2.53. The number of halogens is 3. The lowest BCUT2D eigenvalue weighted by Crippen LogP contribution is -2.06. The van der Waals surface area contributed by atoms with Crippen LogP contribution in [0.2, 0.25) is 0 Å². The smallest absolute Gasteiger partial charge is 0.417 e. The summed E-state index contributed by atoms with van der Waals surface area (Å²) >= 11 is 0.785. The third-order valence-corrected chi connectivity index (χ3v) is 3.32. The van der Waals surface area contributed by atoms with Gasteiger partial charge in [-0.3, -0.25) is 4.98 Å². The van der Waals surface area contributed by atoms with Crippen molar-refractivity contribution in [3.63, 3.8) is 0 Å². The number of carboxylic acids is 1. The Hall–Kier alpha value is -1.89. The molecule has 0 aliphatic carbocycles. The highest BCUT2D eigenvalue weighted by atomic mass is 32.1. The minimum absolute atomic E-state index is 0.0121. The van der Waals surface area contributed by atoms with Crippen molar-refractivity contribution in [2.24, 2.45) is 0 Å². The van der Waals surface area contributed by atoms with E-state index in [1.54, 1.807) is 0 Å². The van der Waals surface area contributed by atoms with Crippen LogP contribution in [0.4, 0.5) is 13.2 Å². The third-order valence-electron chi connectivity index (χ3n) is 2.21. The zero-order valence-corrected chi connectivity index (χ0v) is 9.55. The number of hydrogen-bond donors (Lipinski definition) is 1. The molecule has 2 rings (SSSR count). The summed E-state index contributed by atoms with van der Waals surface area (Å²) in [6.45, 7) is 0. The van der Waals surface area contributed by atoms with Crippen LogP contribution in [-0.4, -0.2) is 16.1 Å². The Morgan fingerprint density at radius 1 is 1.28 bits per heavy atom. The zero-order chi connectivity index (χ0) is 13.3. The summed E-state index contributed by atoms with van der Waals surface area (Å²) in [7, 11) is 0. The van der Waals surface area contributed by atoms with Gasteiger partial charge in [-0.25, -0.2) is 4.79 Å². The number of nitrogens with zero attached hydrogens (tertiary/aromatic N) is 1. The van der Waals surface area contributed by atoms with Crippen molar-refractivity contribution in [3.8, 4) is 10.4 Å². The molecule has 2 aromatic rings. The first-order valence-electron chi connectivity index (χ1n) is 4.74. The maximum Gasteiger partial charge on any atom is 0.417 e. The molecule has 0 fully saturated rings. The molecular weight excluding hydrogens is 267 g/mol. The lowest BCUT2D eigenvalue weighted by Gasteiger charge is -2.10. The summed E-state index contributed by atoms with van der Waals surface area (Å²) in [4.78, 5) is 14.6. The third kappa shape index (κ3) is 2.35. The largest absolute Gasteiger partial charge is 0.477 e. The van der Waals surface area contributed by atoms with Gasteiger partial charge in [0, 0.05) is 22.8 Å². The fourth-order valence-corrected chi connectivity index (χ4v) is 2.30. The van der Waals surface area contributed by atoms with Crippen molar-refractivity contribution in [3.05, 3.63) is 41.0 Å². The second-order valence-corrected chi connectivity index (χ2v) is 4.47. The lowest BCUT2D eigenvalue weighted by atomic mass is 10.1. The first-order chi connectivity index (χ1) is 8.39. The zero-order valence-electron chi connectivity index (χ0n) is 8.73. The van der Waals surface area contributed by atoms with Gasteiger partial charge in [-0.15, -0.1) is 11.3 Å². The molecular formula is C11H6F3NO2S. The van der Waals surface area contributed by atoms with Crippen LogP contribution in [0.15, 0.2) is 30.6 Å². The first-order valence-corrected chi connectivity index (χ1v) is 5.56. The number of aromatic nitrogens is 1. The van der Waals surface area contributed by atoms with E-state index in [9.17, 15) is 18.0 Å². The van der Waals surface area contributed by atoms with E-state index in [0.717, 1.165) is 29.8 Å². The Kier molecular flexibility index (Phi) is 3.08. The molecule has 0 atom stereocenters. The fraction of sp³-hybridized carbons (Fsp3) is 0.0909. The monoisotopic (exact) mass is 273 g/mol. The van der Waals surface area contributed by atoms with E-state index >= 15 is 0 Å². The van der Waals surface area contributed by atoms with E-state index in [4.69, 9.17) is 5.11 Å². The minimum atomic E-state index is -4.49. The summed E-state index contributed by atoms with van der Waals surface area (Å²) in [5, 5.41) is 8.75. The molecule has 1 N–H and O–H groups in total. The number of thiophene rings is 1. The van der Waals surface area contributed by atoms with Crippen LogP contribution in [0.1, 0.15) is 15.2 Å². The molecule has 0 aromatic carbocycles. The molecule has 3 nitrogen and oxygen atoms in total. The van der Waals surface area contributed by atoms with Gasteiger partial charge in [-0.05, 0) is 18.2 Å². The molecule has 0 bridgehead atoms. The van der Waals surface area contributed by atoms with Crippen molar-refractivity contribution in [2.45, 2.75) is 6.18 Å². The van der Waals surface area contributed by atoms with Crippen molar-refractivity contribution >= 4 is 17.3 Å². The van der Waals surface area contributed by atoms with Gasteiger partial charge in [-0.2, -0.15) is 13.2 Å². The lowest BCUT2D eigenvalue weighted by molar-refractivity contribution is -0.137. The summed E-state index contributed by atoms with van der Waals surface area (Å²) < 4.78 is 38.3. The molecule has 0 aliphatic rings. The van der Waals surface area contributed by atoms with Gasteiger partial charge in [0.2, 0.25) is 0 Å². The van der Waals surface area contributed by atoms with Gasteiger partial charge < -0.3 is 5.11 Å². The van der Waals surface area contributed by atoms with Crippen LogP contribution >= 0.6 is 11.3 Å². The standard InChI is InChI=1S/C11H6F3NO2S/c12-11(13,14)7-3-4-15-5-6(7)8-1-2-9(18-8)10(16)17/h1-5H,(H,16,17). The predicted octanol–water partition coefficient (Wildman–Crippen LogP) is 3.53. The van der Waals surface area contributed by atoms with Gasteiger partial charge in [0.25, 0.3) is 0 Å². The molecule has 0 radical (unpaired) electrons. The average molecular weight is 273 g/mol. The van der Waals surface area contributed by atoms with E-state index in [-0.39, 0.29) is 15.3 Å². The molecule has 18 heavy (non-hydrogen) atoms. The molecule has 0 saturated heterocycles. The van der Waals surface area contributed by atoms with Crippen LogP contribution in [0, 0.1) is 0 Å². The number of alkyl halides is 3. The normalized spacial score (nSPS) is 11.5. The Morgan fingerprint density at radius 3 is 2.56 bits per heavy atom. The van der Waals surface area contributed by atoms with Gasteiger partial charge in [0.05, 0.1) is 5.56 Å². The summed E-state index contributed by atoms with van der Waals surface area (Å²) in [6, 6.07) is 3.49. The second kappa shape index (κ2) is 4.41. The highest BCUT2D eigenvalue weighted by Crippen LogP contribution is 2.38. The first kappa shape index (κ1) is 12.6. The highest BCUT2D eigenvalue weighted by Gasteiger charge is 2.34. The molecule has 2 aromatic heterocycles. The van der Waals surface area contributed by atoms with E-state index < -0.39 is 17.7 Å². The van der Waals surface area contributed by atoms with Crippen LogP contribution in [0.25, 0.3) is 10.4 Å². The Labute approximate surface area is 104 Å². The summed E-state index contributed by atoms with van der Waals surface area (Å²) in [5.41, 5.74) is -0.932. The number of carbonyl (C=O) groups is 1. The number of carboxylic acid groups (broad SMARTS) is 1. The quantitative estimate of drug-likeness (QED) is 0.910. The van der Waals surface area contributed by atoms with Crippen molar-refractivity contribution in [1.82, 2.24) is 4.98 Å². The van der Waals surface area contributed by atoms with Crippen molar-refractivity contribution in [1.29, 1.82) is 0 Å². The molecule has 0 amide bonds. The number of rotatable bonds is 2. The predicted molar refractivity (Wildman–Crippen MR) is 59.5 cm³/mol. The van der Waals surface area contributed by atoms with Crippen LogP contribution in [-0.2, 0) is 6.18 Å². The topological polar surface area (TPSA) is 50.2 Å². The van der Waals surface area contributed by atoms with E-state index in [0.29, 0.717) is 0 Å². The Morgan fingerprint density at radius 2 is 2.00 bits per heavy atom. The van der Waals surface area contributed by atoms with E-state index in [1.165, 1.54) is 12.1 Å². The molecule has 0 aliphatic heterocycles. The summed E-state index contributed by atoms with van der Waals surface area (Å²) in [6.07, 6.45) is -2.36. The van der Waals surface area contributed by atoms with Gasteiger partial charge in [0.15, 0.2) is 0 Å². The van der Waals surface area contributed by atoms with Gasteiger partial charge in [0.1, 0.15) is 4.88 Å². The van der Waals surface area contributed by atoms with Gasteiger partial charge in [-0.1, -0.05) is 0 Å². The van der Waals surface area contributed by atoms with E-state index in [2.05, 4.69) is 4.98 Å². The molecule has 7 heteroatoms. The number of hydrogen-bond acceptors (Lipinski definition) is 3. The summed E-state index contributed by atoms with van der Waals surface area (Å²) in [5.74, 6) is -1.16. The SMILES string of the molecule is O=C(O)c1ccc(-c2cnccc2C(F)(F)F)s1. The van der Waals surface area contributed by atoms with Crippen LogP contribution < -0.4 is 0 Å². The fourth-order valence-electron chi connectivity index (χ4n) is 1.44. The molecule has 2 heterocycles. The number of pyridine rings is 1. The molecule has 94 valence electrons. The average Bonchev–Trinajstić information content (AvgIpc) is 2.77. The number of aromatic carboxylic acids is 1. The van der Waals surface area contributed by atoms with Crippen LogP contribution in [0.5, 0.6) is 0 Å². The maximum atomic E-state index is 12.8. The highest BCUT2D eigenvalue weighted by molar-refractivity contribution is 7.17. The maximum absolute atomic E-state index is 12.8. The second-order valence-electron chi connectivity index (χ2n) is 3.39. The molecule has 0 saturated carbocycles. The molecule has 0 unspecified atom stereocenters.